The van der Waals surface area contributed by atoms with Crippen LogP contribution < -0.4 is 0 Å². The summed E-state index contributed by atoms with van der Waals surface area (Å²) in [7, 11) is 0. The molecule has 1 N–H and O–H groups in total. The van der Waals surface area contributed by atoms with E-state index in [4.69, 9.17) is 5.11 Å². The number of halogens is 3. The zero-order chi connectivity index (χ0) is 12.6. The predicted molar refractivity (Wildman–Crippen MR) is 51.5 cm³/mol. The van der Waals surface area contributed by atoms with Gasteiger partial charge >= 0.3 is 12.1 Å². The Balaban J connectivity index is 2.81. The van der Waals surface area contributed by atoms with Crippen LogP contribution >= 0.6 is 0 Å². The van der Waals surface area contributed by atoms with Crippen LogP contribution in [0, 0.1) is 0 Å². The van der Waals surface area contributed by atoms with Crippen molar-refractivity contribution in [3.8, 4) is 0 Å². The first-order valence-electron chi connectivity index (χ1n) is 4.47. The molecule has 1 aromatic carbocycles. The molecule has 0 aliphatic heterocycles. The lowest BCUT2D eigenvalue weighted by Gasteiger charge is -2.07. The maximum absolute atomic E-state index is 12.4. The second-order valence-electron chi connectivity index (χ2n) is 3.22. The summed E-state index contributed by atoms with van der Waals surface area (Å²) in [6.45, 7) is 0. The molecule has 1 heterocycles. The van der Waals surface area contributed by atoms with E-state index in [2.05, 4.69) is 9.97 Å². The summed E-state index contributed by atoms with van der Waals surface area (Å²) in [5, 5.41) is 8.89. The minimum absolute atomic E-state index is 0.0489. The average Bonchev–Trinajstić information content (AvgIpc) is 2.26. The fourth-order valence-corrected chi connectivity index (χ4v) is 1.37. The maximum atomic E-state index is 12.4. The highest BCUT2D eigenvalue weighted by atomic mass is 19.4. The van der Waals surface area contributed by atoms with Gasteiger partial charge in [-0.3, -0.25) is 0 Å². The molecule has 0 atom stereocenters. The predicted octanol–water partition coefficient (Wildman–Crippen LogP) is 2.35. The van der Waals surface area contributed by atoms with E-state index in [9.17, 15) is 18.0 Å². The number of aromatic carboxylic acids is 1. The normalized spacial score (nSPS) is 11.7. The minimum Gasteiger partial charge on any atom is -0.476 e. The molecule has 0 amide bonds. The van der Waals surface area contributed by atoms with Crippen molar-refractivity contribution < 1.29 is 23.1 Å². The second kappa shape index (κ2) is 3.69. The number of carbonyl (C=O) groups is 1. The van der Waals surface area contributed by atoms with Crippen LogP contribution in [0.25, 0.3) is 10.9 Å². The van der Waals surface area contributed by atoms with Crippen molar-refractivity contribution in [1.82, 2.24) is 9.97 Å². The van der Waals surface area contributed by atoms with E-state index in [1.54, 1.807) is 0 Å². The number of fused-ring (bicyclic) bond motifs is 1. The van der Waals surface area contributed by atoms with Gasteiger partial charge in [0, 0.05) is 5.39 Å². The number of rotatable bonds is 1. The van der Waals surface area contributed by atoms with E-state index in [1.165, 1.54) is 24.3 Å². The van der Waals surface area contributed by atoms with Gasteiger partial charge in [0.25, 0.3) is 0 Å². The van der Waals surface area contributed by atoms with Crippen molar-refractivity contribution in [2.24, 2.45) is 0 Å². The van der Waals surface area contributed by atoms with Gasteiger partial charge in [0.15, 0.2) is 5.69 Å². The van der Waals surface area contributed by atoms with Crippen LogP contribution in [0.15, 0.2) is 24.3 Å². The molecular formula is C10H5F3N2O2. The molecule has 7 heteroatoms. The third kappa shape index (κ3) is 2.03. The van der Waals surface area contributed by atoms with Gasteiger partial charge in [-0.15, -0.1) is 0 Å². The summed E-state index contributed by atoms with van der Waals surface area (Å²) in [5.41, 5.74) is -0.699. The third-order valence-electron chi connectivity index (χ3n) is 2.06. The average molecular weight is 242 g/mol. The molecule has 0 bridgehead atoms. The van der Waals surface area contributed by atoms with Crippen molar-refractivity contribution >= 4 is 16.9 Å². The first kappa shape index (κ1) is 11.3. The lowest BCUT2D eigenvalue weighted by atomic mass is 10.2. The smallest absolute Gasteiger partial charge is 0.451 e. The molecule has 88 valence electrons. The molecule has 17 heavy (non-hydrogen) atoms. The quantitative estimate of drug-likeness (QED) is 0.833. The van der Waals surface area contributed by atoms with Crippen LogP contribution in [0.3, 0.4) is 0 Å². The Bertz CT molecular complexity index is 596. The van der Waals surface area contributed by atoms with Crippen molar-refractivity contribution in [2.45, 2.75) is 6.18 Å². The first-order valence-corrected chi connectivity index (χ1v) is 4.47. The molecule has 0 radical (unpaired) electrons. The molecule has 0 unspecified atom stereocenters. The molecule has 2 rings (SSSR count). The van der Waals surface area contributed by atoms with Crippen molar-refractivity contribution in [2.75, 3.05) is 0 Å². The molecular weight excluding hydrogens is 237 g/mol. The van der Waals surface area contributed by atoms with Gasteiger partial charge in [0.2, 0.25) is 5.82 Å². The van der Waals surface area contributed by atoms with Gasteiger partial charge < -0.3 is 5.11 Å². The molecule has 0 fully saturated rings. The highest BCUT2D eigenvalue weighted by Crippen LogP contribution is 2.28. The van der Waals surface area contributed by atoms with Crippen molar-refractivity contribution in [3.63, 3.8) is 0 Å². The Morgan fingerprint density at radius 2 is 1.82 bits per heavy atom. The van der Waals surface area contributed by atoms with Gasteiger partial charge in [0.05, 0.1) is 5.52 Å². The number of alkyl halides is 3. The van der Waals surface area contributed by atoms with Gasteiger partial charge in [-0.25, -0.2) is 14.8 Å². The fraction of sp³-hybridized carbons (Fsp3) is 0.100. The Morgan fingerprint density at radius 3 is 2.41 bits per heavy atom. The van der Waals surface area contributed by atoms with E-state index in [0.29, 0.717) is 0 Å². The second-order valence-corrected chi connectivity index (χ2v) is 3.22. The van der Waals surface area contributed by atoms with Crippen LogP contribution in [0.1, 0.15) is 16.3 Å². The van der Waals surface area contributed by atoms with Gasteiger partial charge in [-0.1, -0.05) is 18.2 Å². The Labute approximate surface area is 92.7 Å². The van der Waals surface area contributed by atoms with Crippen LogP contribution in [0.2, 0.25) is 0 Å². The Morgan fingerprint density at radius 1 is 1.18 bits per heavy atom. The summed E-state index contributed by atoms with van der Waals surface area (Å²) in [6, 6.07) is 5.64. The number of carboxylic acids is 1. The number of carboxylic acid groups (broad SMARTS) is 1. The molecule has 2 aromatic rings. The minimum atomic E-state index is -4.77. The van der Waals surface area contributed by atoms with Crippen LogP contribution in [0.4, 0.5) is 13.2 Å². The van der Waals surface area contributed by atoms with E-state index >= 15 is 0 Å². The molecule has 0 spiro atoms. The Kier molecular flexibility index (Phi) is 2.45. The van der Waals surface area contributed by atoms with Crippen LogP contribution in [-0.2, 0) is 6.18 Å². The molecule has 0 aliphatic carbocycles. The van der Waals surface area contributed by atoms with Crippen molar-refractivity contribution in [1.29, 1.82) is 0 Å². The van der Waals surface area contributed by atoms with E-state index in [1.807, 2.05) is 0 Å². The van der Waals surface area contributed by atoms with E-state index in [0.717, 1.165) is 0 Å². The van der Waals surface area contributed by atoms with Gasteiger partial charge in [0.1, 0.15) is 0 Å². The molecule has 1 aromatic heterocycles. The maximum Gasteiger partial charge on any atom is 0.451 e. The highest BCUT2D eigenvalue weighted by molar-refractivity contribution is 6.00. The SMILES string of the molecule is O=C(O)c1nc(C(F)(F)F)nc2ccccc12. The lowest BCUT2D eigenvalue weighted by molar-refractivity contribution is -0.144. The standard InChI is InChI=1S/C10H5F3N2O2/c11-10(12,13)9-14-6-4-2-1-3-5(6)7(15-9)8(16)17/h1-4H,(H,16,17). The molecule has 4 nitrogen and oxygen atoms in total. The number of para-hydroxylation sites is 1. The zero-order valence-electron chi connectivity index (χ0n) is 8.19. The summed E-state index contributed by atoms with van der Waals surface area (Å²) < 4.78 is 37.3. The van der Waals surface area contributed by atoms with Crippen molar-refractivity contribution in [3.05, 3.63) is 35.8 Å². The number of nitrogens with zero attached hydrogens (tertiary/aromatic N) is 2. The Hall–Kier alpha value is -2.18. The van der Waals surface area contributed by atoms with Gasteiger partial charge in [-0.2, -0.15) is 13.2 Å². The number of hydrogen-bond acceptors (Lipinski definition) is 3. The van der Waals surface area contributed by atoms with Crippen LogP contribution in [-0.4, -0.2) is 21.0 Å². The van der Waals surface area contributed by atoms with E-state index < -0.39 is 23.7 Å². The molecule has 0 aliphatic rings. The number of hydrogen-bond donors (Lipinski definition) is 1. The molecule has 0 saturated carbocycles. The largest absolute Gasteiger partial charge is 0.476 e. The number of aromatic nitrogens is 2. The summed E-state index contributed by atoms with van der Waals surface area (Å²) >= 11 is 0. The summed E-state index contributed by atoms with van der Waals surface area (Å²) in [5.74, 6) is -2.97. The van der Waals surface area contributed by atoms with E-state index in [-0.39, 0.29) is 10.9 Å². The highest BCUT2D eigenvalue weighted by Gasteiger charge is 2.36. The topological polar surface area (TPSA) is 63.1 Å². The lowest BCUT2D eigenvalue weighted by Crippen LogP contribution is -2.15. The summed E-state index contributed by atoms with van der Waals surface area (Å²) in [4.78, 5) is 17.2. The molecule has 0 saturated heterocycles. The fourth-order valence-electron chi connectivity index (χ4n) is 1.37. The van der Waals surface area contributed by atoms with Gasteiger partial charge in [-0.05, 0) is 6.07 Å². The summed E-state index contributed by atoms with van der Waals surface area (Å²) in [6.07, 6.45) is -4.77. The van der Waals surface area contributed by atoms with Crippen LogP contribution in [0.5, 0.6) is 0 Å². The monoisotopic (exact) mass is 242 g/mol. The zero-order valence-corrected chi connectivity index (χ0v) is 8.19. The third-order valence-corrected chi connectivity index (χ3v) is 2.06. The first-order chi connectivity index (χ1) is 7.89. The number of benzene rings is 1.